The second-order valence-corrected chi connectivity index (χ2v) is 5.26. The topological polar surface area (TPSA) is 9.23 Å². The Morgan fingerprint density at radius 1 is 1.24 bits per heavy atom. The van der Waals surface area contributed by atoms with E-state index >= 15 is 0 Å². The summed E-state index contributed by atoms with van der Waals surface area (Å²) in [5.41, 5.74) is 0.824. The van der Waals surface area contributed by atoms with Crippen LogP contribution in [0.4, 0.5) is 4.39 Å². The fourth-order valence-corrected chi connectivity index (χ4v) is 2.76. The van der Waals surface area contributed by atoms with E-state index in [9.17, 15) is 4.39 Å². The summed E-state index contributed by atoms with van der Waals surface area (Å²) in [6, 6.07) is 9.14. The zero-order chi connectivity index (χ0) is 12.4. The van der Waals surface area contributed by atoms with Gasteiger partial charge in [-0.2, -0.15) is 0 Å². The van der Waals surface area contributed by atoms with E-state index < -0.39 is 0 Å². The molecule has 90 valence electrons. The summed E-state index contributed by atoms with van der Waals surface area (Å²) in [4.78, 5) is 1.72. The van der Waals surface area contributed by atoms with Crippen LogP contribution >= 0.6 is 11.3 Å². The van der Waals surface area contributed by atoms with E-state index in [4.69, 9.17) is 4.74 Å². The molecule has 1 nitrogen and oxygen atoms in total. The third-order valence-electron chi connectivity index (χ3n) is 2.63. The first-order valence-corrected chi connectivity index (χ1v) is 6.37. The zero-order valence-electron chi connectivity index (χ0n) is 10.2. The number of hydrogen-bond donors (Lipinski definition) is 0. The van der Waals surface area contributed by atoms with Gasteiger partial charge in [0.2, 0.25) is 0 Å². The molecule has 0 spiro atoms. The Bertz CT molecular complexity index is 517. The van der Waals surface area contributed by atoms with E-state index in [0.29, 0.717) is 16.5 Å². The van der Waals surface area contributed by atoms with Gasteiger partial charge in [-0.25, -0.2) is 4.39 Å². The summed E-state index contributed by atoms with van der Waals surface area (Å²) in [5.74, 6) is 0.893. The maximum absolute atomic E-state index is 13.9. The van der Waals surface area contributed by atoms with Gasteiger partial charge in [-0.15, -0.1) is 11.3 Å². The highest BCUT2D eigenvalue weighted by Gasteiger charge is 2.15. The van der Waals surface area contributed by atoms with Gasteiger partial charge in [0.05, 0.1) is 12.0 Å². The summed E-state index contributed by atoms with van der Waals surface area (Å²) in [7, 11) is 1.60. The predicted octanol–water partition coefficient (Wildman–Crippen LogP) is 4.69. The van der Waals surface area contributed by atoms with E-state index in [-0.39, 0.29) is 5.82 Å². The number of para-hydroxylation sites is 1. The first kappa shape index (κ1) is 12.1. The Kier molecular flexibility index (Phi) is 3.48. The second-order valence-electron chi connectivity index (χ2n) is 4.18. The van der Waals surface area contributed by atoms with Gasteiger partial charge < -0.3 is 4.74 Å². The molecular formula is C14H15FOS. The van der Waals surface area contributed by atoms with Crippen molar-refractivity contribution in [3.8, 4) is 16.2 Å². The van der Waals surface area contributed by atoms with Crippen molar-refractivity contribution in [1.29, 1.82) is 0 Å². The van der Waals surface area contributed by atoms with Gasteiger partial charge in [-0.05, 0) is 24.1 Å². The molecule has 1 heterocycles. The van der Waals surface area contributed by atoms with Crippen molar-refractivity contribution in [2.45, 2.75) is 19.8 Å². The third-order valence-corrected chi connectivity index (χ3v) is 4.07. The van der Waals surface area contributed by atoms with Crippen LogP contribution in [-0.4, -0.2) is 7.11 Å². The van der Waals surface area contributed by atoms with E-state index in [2.05, 4.69) is 13.8 Å². The predicted molar refractivity (Wildman–Crippen MR) is 70.4 cm³/mol. The standard InChI is InChI=1S/C14H15FOS/c1-9(2)13-8-11(15)14(17-13)10-6-4-5-7-12(10)16-3/h4-9H,1-3H3. The molecule has 0 unspecified atom stereocenters. The average Bonchev–Trinajstić information content (AvgIpc) is 2.71. The maximum Gasteiger partial charge on any atom is 0.142 e. The van der Waals surface area contributed by atoms with Crippen molar-refractivity contribution in [2.24, 2.45) is 0 Å². The number of hydrogen-bond acceptors (Lipinski definition) is 2. The van der Waals surface area contributed by atoms with Gasteiger partial charge in [0.25, 0.3) is 0 Å². The number of thiophene rings is 1. The molecule has 2 aromatic rings. The van der Waals surface area contributed by atoms with Crippen molar-refractivity contribution < 1.29 is 9.13 Å². The van der Waals surface area contributed by atoms with Gasteiger partial charge in [-0.1, -0.05) is 26.0 Å². The summed E-state index contributed by atoms with van der Waals surface area (Å²) in [6.45, 7) is 4.13. The Hall–Kier alpha value is -1.35. The highest BCUT2D eigenvalue weighted by atomic mass is 32.1. The SMILES string of the molecule is COc1ccccc1-c1sc(C(C)C)cc1F. The number of halogens is 1. The largest absolute Gasteiger partial charge is 0.496 e. The summed E-state index contributed by atoms with van der Waals surface area (Å²) >= 11 is 1.50. The lowest BCUT2D eigenvalue weighted by atomic mass is 10.1. The van der Waals surface area contributed by atoms with Crippen LogP contribution in [0.1, 0.15) is 24.6 Å². The fraction of sp³-hybridized carbons (Fsp3) is 0.286. The fourth-order valence-electron chi connectivity index (χ4n) is 1.69. The van der Waals surface area contributed by atoms with E-state index in [1.807, 2.05) is 24.3 Å². The van der Waals surface area contributed by atoms with E-state index in [0.717, 1.165) is 10.4 Å². The molecule has 17 heavy (non-hydrogen) atoms. The van der Waals surface area contributed by atoms with Crippen molar-refractivity contribution >= 4 is 11.3 Å². The van der Waals surface area contributed by atoms with Gasteiger partial charge in [0.1, 0.15) is 11.6 Å². The first-order valence-electron chi connectivity index (χ1n) is 5.56. The van der Waals surface area contributed by atoms with E-state index in [1.165, 1.54) is 11.3 Å². The van der Waals surface area contributed by atoms with Crippen LogP contribution < -0.4 is 4.74 Å². The summed E-state index contributed by atoms with van der Waals surface area (Å²) in [6.07, 6.45) is 0. The number of benzene rings is 1. The van der Waals surface area contributed by atoms with Crippen LogP contribution in [-0.2, 0) is 0 Å². The summed E-state index contributed by atoms with van der Waals surface area (Å²) < 4.78 is 19.2. The van der Waals surface area contributed by atoms with Crippen molar-refractivity contribution in [3.63, 3.8) is 0 Å². The molecule has 0 aliphatic rings. The lowest BCUT2D eigenvalue weighted by Gasteiger charge is -2.06. The monoisotopic (exact) mass is 250 g/mol. The highest BCUT2D eigenvalue weighted by molar-refractivity contribution is 7.15. The van der Waals surface area contributed by atoms with Crippen LogP contribution in [0.25, 0.3) is 10.4 Å². The smallest absolute Gasteiger partial charge is 0.142 e. The van der Waals surface area contributed by atoms with Crippen LogP contribution in [0.15, 0.2) is 30.3 Å². The quantitative estimate of drug-likeness (QED) is 0.768. The maximum atomic E-state index is 13.9. The van der Waals surface area contributed by atoms with Crippen molar-refractivity contribution in [1.82, 2.24) is 0 Å². The van der Waals surface area contributed by atoms with Gasteiger partial charge in [0.15, 0.2) is 0 Å². The van der Waals surface area contributed by atoms with Crippen molar-refractivity contribution in [2.75, 3.05) is 7.11 Å². The lowest BCUT2D eigenvalue weighted by Crippen LogP contribution is -1.86. The molecule has 0 N–H and O–H groups in total. The molecule has 3 heteroatoms. The molecule has 2 rings (SSSR count). The Morgan fingerprint density at radius 2 is 1.94 bits per heavy atom. The molecule has 0 amide bonds. The zero-order valence-corrected chi connectivity index (χ0v) is 11.0. The minimum Gasteiger partial charge on any atom is -0.496 e. The van der Waals surface area contributed by atoms with Crippen LogP contribution in [0.5, 0.6) is 5.75 Å². The van der Waals surface area contributed by atoms with Crippen LogP contribution in [0, 0.1) is 5.82 Å². The number of ether oxygens (including phenoxy) is 1. The Balaban J connectivity index is 2.52. The van der Waals surface area contributed by atoms with Gasteiger partial charge in [0, 0.05) is 10.4 Å². The molecule has 0 saturated heterocycles. The Labute approximate surface area is 105 Å². The van der Waals surface area contributed by atoms with Crippen molar-refractivity contribution in [3.05, 3.63) is 41.0 Å². The average molecular weight is 250 g/mol. The molecule has 0 atom stereocenters. The van der Waals surface area contributed by atoms with Gasteiger partial charge >= 0.3 is 0 Å². The minimum absolute atomic E-state index is 0.164. The first-order chi connectivity index (χ1) is 8.13. The minimum atomic E-state index is -0.164. The molecule has 0 radical (unpaired) electrons. The molecule has 0 aliphatic heterocycles. The molecule has 0 aliphatic carbocycles. The molecule has 0 saturated carbocycles. The van der Waals surface area contributed by atoms with Gasteiger partial charge in [-0.3, -0.25) is 0 Å². The molecule has 1 aromatic carbocycles. The molecule has 0 bridgehead atoms. The highest BCUT2D eigenvalue weighted by Crippen LogP contribution is 2.39. The number of rotatable bonds is 3. The van der Waals surface area contributed by atoms with E-state index in [1.54, 1.807) is 13.2 Å². The van der Waals surface area contributed by atoms with Crippen LogP contribution in [0.2, 0.25) is 0 Å². The Morgan fingerprint density at radius 3 is 2.53 bits per heavy atom. The second kappa shape index (κ2) is 4.88. The lowest BCUT2D eigenvalue weighted by molar-refractivity contribution is 0.416. The molecular weight excluding hydrogens is 235 g/mol. The normalized spacial score (nSPS) is 10.9. The third kappa shape index (κ3) is 2.34. The molecule has 1 aromatic heterocycles. The molecule has 0 fully saturated rings. The summed E-state index contributed by atoms with van der Waals surface area (Å²) in [5, 5.41) is 0. The van der Waals surface area contributed by atoms with Crippen LogP contribution in [0.3, 0.4) is 0 Å². The number of methoxy groups -OCH3 is 1.